The van der Waals surface area contributed by atoms with Crippen LogP contribution in [0.25, 0.3) is 0 Å². The number of carbonyl (C=O) groups is 1. The molecule has 7 heteroatoms. The first-order valence-electron chi connectivity index (χ1n) is 6.43. The summed E-state index contributed by atoms with van der Waals surface area (Å²) in [6.07, 6.45) is 3.72. The summed E-state index contributed by atoms with van der Waals surface area (Å²) in [5, 5.41) is 11.5. The first-order valence-corrected chi connectivity index (χ1v) is 6.43. The van der Waals surface area contributed by atoms with E-state index >= 15 is 0 Å². The number of hydrogen-bond acceptors (Lipinski definition) is 4. The Hall–Kier alpha value is -2.31. The maximum Gasteiger partial charge on any atom is 0.320 e. The minimum atomic E-state index is -0.0953. The fourth-order valence-electron chi connectivity index (χ4n) is 1.63. The summed E-state index contributed by atoms with van der Waals surface area (Å²) >= 11 is 0. The van der Waals surface area contributed by atoms with Gasteiger partial charge in [0.1, 0.15) is 5.84 Å². The molecule has 1 rings (SSSR count). The highest BCUT2D eigenvalue weighted by molar-refractivity contribution is 5.80. The second-order valence-electron chi connectivity index (χ2n) is 4.42. The standard InChI is InChI=1S/C13H21N5O2/c1-3-17(2)13(19)18(8-6-12(14)16-20)10-11-5-4-7-15-9-11/h4-5,7,9,20H,3,6,8,10H2,1-2H3,(H2,14,16). The lowest BCUT2D eigenvalue weighted by Gasteiger charge is -2.27. The second-order valence-corrected chi connectivity index (χ2v) is 4.42. The van der Waals surface area contributed by atoms with Crippen LogP contribution in [0.15, 0.2) is 29.7 Å². The first-order chi connectivity index (χ1) is 9.58. The van der Waals surface area contributed by atoms with Gasteiger partial charge in [-0.2, -0.15) is 0 Å². The van der Waals surface area contributed by atoms with Gasteiger partial charge in [-0.1, -0.05) is 11.2 Å². The molecule has 1 aromatic heterocycles. The van der Waals surface area contributed by atoms with Crippen LogP contribution in [-0.2, 0) is 6.54 Å². The van der Waals surface area contributed by atoms with E-state index in [4.69, 9.17) is 10.9 Å². The van der Waals surface area contributed by atoms with Gasteiger partial charge in [0, 0.05) is 45.5 Å². The van der Waals surface area contributed by atoms with Gasteiger partial charge in [-0.25, -0.2) is 4.79 Å². The molecule has 0 unspecified atom stereocenters. The van der Waals surface area contributed by atoms with E-state index in [9.17, 15) is 4.79 Å². The van der Waals surface area contributed by atoms with Gasteiger partial charge in [0.05, 0.1) is 0 Å². The Morgan fingerprint density at radius 3 is 2.85 bits per heavy atom. The van der Waals surface area contributed by atoms with Gasteiger partial charge in [-0.3, -0.25) is 4.98 Å². The van der Waals surface area contributed by atoms with Gasteiger partial charge < -0.3 is 20.7 Å². The van der Waals surface area contributed by atoms with E-state index in [1.807, 2.05) is 19.1 Å². The molecule has 0 atom stereocenters. The van der Waals surface area contributed by atoms with Crippen LogP contribution < -0.4 is 5.73 Å². The van der Waals surface area contributed by atoms with Gasteiger partial charge in [0.15, 0.2) is 0 Å². The van der Waals surface area contributed by atoms with Crippen LogP contribution in [0.5, 0.6) is 0 Å². The minimum Gasteiger partial charge on any atom is -0.409 e. The molecule has 1 heterocycles. The van der Waals surface area contributed by atoms with Crippen molar-refractivity contribution in [2.45, 2.75) is 19.9 Å². The predicted octanol–water partition coefficient (Wildman–Crippen LogP) is 1.09. The van der Waals surface area contributed by atoms with Crippen LogP contribution in [-0.4, -0.2) is 52.0 Å². The van der Waals surface area contributed by atoms with Gasteiger partial charge in [0.2, 0.25) is 0 Å². The van der Waals surface area contributed by atoms with Gasteiger partial charge in [-0.05, 0) is 18.6 Å². The first kappa shape index (κ1) is 15.7. The number of pyridine rings is 1. The summed E-state index contributed by atoms with van der Waals surface area (Å²) in [5.41, 5.74) is 6.39. The van der Waals surface area contributed by atoms with Gasteiger partial charge >= 0.3 is 6.03 Å². The maximum absolute atomic E-state index is 12.3. The lowest BCUT2D eigenvalue weighted by atomic mass is 10.2. The van der Waals surface area contributed by atoms with Crippen LogP contribution in [0.1, 0.15) is 18.9 Å². The number of amides is 2. The average molecular weight is 279 g/mol. The topological polar surface area (TPSA) is 95.1 Å². The average Bonchev–Trinajstić information content (AvgIpc) is 2.50. The van der Waals surface area contributed by atoms with Crippen LogP contribution in [0.4, 0.5) is 4.79 Å². The number of carbonyl (C=O) groups excluding carboxylic acids is 1. The van der Waals surface area contributed by atoms with Crippen LogP contribution >= 0.6 is 0 Å². The number of rotatable bonds is 6. The van der Waals surface area contributed by atoms with Crippen molar-refractivity contribution in [3.63, 3.8) is 0 Å². The molecule has 3 N–H and O–H groups in total. The predicted molar refractivity (Wildman–Crippen MR) is 76.4 cm³/mol. The van der Waals surface area contributed by atoms with E-state index in [1.165, 1.54) is 0 Å². The van der Waals surface area contributed by atoms with E-state index in [2.05, 4.69) is 10.1 Å². The third-order valence-electron chi connectivity index (χ3n) is 2.93. The Bertz CT molecular complexity index is 449. The van der Waals surface area contributed by atoms with Crippen LogP contribution in [0.2, 0.25) is 0 Å². The fourth-order valence-corrected chi connectivity index (χ4v) is 1.63. The molecule has 110 valence electrons. The van der Waals surface area contributed by atoms with E-state index < -0.39 is 0 Å². The Morgan fingerprint density at radius 2 is 2.30 bits per heavy atom. The molecule has 0 aromatic carbocycles. The molecule has 0 saturated carbocycles. The number of nitrogens with zero attached hydrogens (tertiary/aromatic N) is 4. The molecule has 7 nitrogen and oxygen atoms in total. The summed E-state index contributed by atoms with van der Waals surface area (Å²) in [5.74, 6) is 0.105. The monoisotopic (exact) mass is 279 g/mol. The lowest BCUT2D eigenvalue weighted by Crippen LogP contribution is -2.42. The van der Waals surface area contributed by atoms with Crippen molar-refractivity contribution >= 4 is 11.9 Å². The molecule has 0 aliphatic carbocycles. The molecular weight excluding hydrogens is 258 g/mol. The molecule has 0 bridgehead atoms. The smallest absolute Gasteiger partial charge is 0.320 e. The van der Waals surface area contributed by atoms with Crippen molar-refractivity contribution < 1.29 is 10.0 Å². The highest BCUT2D eigenvalue weighted by Gasteiger charge is 2.17. The number of amidine groups is 1. The van der Waals surface area contributed by atoms with Crippen LogP contribution in [0.3, 0.4) is 0 Å². The highest BCUT2D eigenvalue weighted by atomic mass is 16.4. The largest absolute Gasteiger partial charge is 0.409 e. The molecule has 1 aromatic rings. The Kier molecular flexibility index (Phi) is 6.28. The minimum absolute atomic E-state index is 0.0953. The van der Waals surface area contributed by atoms with Crippen molar-refractivity contribution in [3.8, 4) is 0 Å². The molecule has 0 fully saturated rings. The van der Waals surface area contributed by atoms with E-state index in [0.717, 1.165) is 5.56 Å². The molecule has 2 amide bonds. The van der Waals surface area contributed by atoms with E-state index in [-0.39, 0.29) is 11.9 Å². The Labute approximate surface area is 118 Å². The lowest BCUT2D eigenvalue weighted by molar-refractivity contribution is 0.163. The Balaban J connectivity index is 2.76. The van der Waals surface area contributed by atoms with Gasteiger partial charge in [0.25, 0.3) is 0 Å². The highest BCUT2D eigenvalue weighted by Crippen LogP contribution is 2.07. The molecule has 0 spiro atoms. The summed E-state index contributed by atoms with van der Waals surface area (Å²) in [6, 6.07) is 3.63. The SMILES string of the molecule is CCN(C)C(=O)N(CCC(N)=NO)Cc1cccnc1. The number of urea groups is 1. The van der Waals surface area contributed by atoms with Crippen molar-refractivity contribution in [1.29, 1.82) is 0 Å². The van der Waals surface area contributed by atoms with Crippen molar-refractivity contribution in [2.75, 3.05) is 20.1 Å². The maximum atomic E-state index is 12.3. The molecule has 20 heavy (non-hydrogen) atoms. The quantitative estimate of drug-likeness (QED) is 0.353. The number of hydrogen-bond donors (Lipinski definition) is 2. The molecule has 0 aliphatic heterocycles. The third-order valence-corrected chi connectivity index (χ3v) is 2.93. The van der Waals surface area contributed by atoms with Gasteiger partial charge in [-0.15, -0.1) is 0 Å². The number of aromatic nitrogens is 1. The summed E-state index contributed by atoms with van der Waals surface area (Å²) in [4.78, 5) is 19.6. The fraction of sp³-hybridized carbons (Fsp3) is 0.462. The van der Waals surface area contributed by atoms with E-state index in [1.54, 1.807) is 29.2 Å². The zero-order valence-electron chi connectivity index (χ0n) is 11.9. The van der Waals surface area contributed by atoms with Crippen molar-refractivity contribution in [1.82, 2.24) is 14.8 Å². The summed E-state index contributed by atoms with van der Waals surface area (Å²) in [6.45, 7) is 3.35. The second kappa shape index (κ2) is 7.98. The summed E-state index contributed by atoms with van der Waals surface area (Å²) in [7, 11) is 1.74. The van der Waals surface area contributed by atoms with E-state index in [0.29, 0.717) is 26.1 Å². The molecule has 0 aliphatic rings. The molecule has 0 saturated heterocycles. The third kappa shape index (κ3) is 4.75. The van der Waals surface area contributed by atoms with Crippen molar-refractivity contribution in [2.24, 2.45) is 10.9 Å². The normalized spacial score (nSPS) is 11.2. The summed E-state index contributed by atoms with van der Waals surface area (Å²) < 4.78 is 0. The molecular formula is C13H21N5O2. The number of nitrogens with two attached hydrogens (primary N) is 1. The van der Waals surface area contributed by atoms with Crippen LogP contribution in [0, 0.1) is 0 Å². The molecule has 0 radical (unpaired) electrons. The Morgan fingerprint density at radius 1 is 1.55 bits per heavy atom. The zero-order chi connectivity index (χ0) is 15.0. The van der Waals surface area contributed by atoms with Crippen molar-refractivity contribution in [3.05, 3.63) is 30.1 Å². The zero-order valence-corrected chi connectivity index (χ0v) is 11.9. The number of oxime groups is 1.